The highest BCUT2D eigenvalue weighted by Crippen LogP contribution is 2.30. The van der Waals surface area contributed by atoms with E-state index < -0.39 is 5.54 Å². The van der Waals surface area contributed by atoms with Gasteiger partial charge >= 0.3 is 0 Å². The van der Waals surface area contributed by atoms with Crippen molar-refractivity contribution in [3.8, 4) is 0 Å². The molecule has 0 heterocycles. The van der Waals surface area contributed by atoms with Gasteiger partial charge in [-0.1, -0.05) is 55.8 Å². The molecule has 0 aliphatic rings. The summed E-state index contributed by atoms with van der Waals surface area (Å²) >= 11 is 0. The fourth-order valence-corrected chi connectivity index (χ4v) is 2.58. The number of benzene rings is 2. The molecule has 2 nitrogen and oxygen atoms in total. The van der Waals surface area contributed by atoms with E-state index >= 15 is 0 Å². The fourth-order valence-electron chi connectivity index (χ4n) is 2.58. The lowest BCUT2D eigenvalue weighted by Gasteiger charge is -2.34. The van der Waals surface area contributed by atoms with Crippen LogP contribution >= 0.6 is 0 Å². The van der Waals surface area contributed by atoms with E-state index in [-0.39, 0.29) is 6.61 Å². The Morgan fingerprint density at radius 3 is 2.05 bits per heavy atom. The van der Waals surface area contributed by atoms with Crippen LogP contribution in [0, 0.1) is 6.92 Å². The van der Waals surface area contributed by atoms with Crippen LogP contribution in [0.4, 0.5) is 5.69 Å². The van der Waals surface area contributed by atoms with Gasteiger partial charge in [0, 0.05) is 5.69 Å². The zero-order valence-corrected chi connectivity index (χ0v) is 13.2. The Morgan fingerprint density at radius 1 is 0.952 bits per heavy atom. The van der Waals surface area contributed by atoms with Gasteiger partial charge < -0.3 is 10.4 Å². The predicted molar refractivity (Wildman–Crippen MR) is 89.7 cm³/mol. The Balaban J connectivity index is 2.32. The molecule has 0 aromatic heterocycles. The van der Waals surface area contributed by atoms with Gasteiger partial charge in [0.15, 0.2) is 0 Å². The van der Waals surface area contributed by atoms with Crippen LogP contribution in [0.25, 0.3) is 0 Å². The Morgan fingerprint density at radius 2 is 1.57 bits per heavy atom. The molecule has 0 amide bonds. The molecule has 0 aliphatic heterocycles. The second kappa shape index (κ2) is 6.77. The molecule has 2 N–H and O–H groups in total. The number of anilines is 1. The molecule has 0 bridgehead atoms. The molecule has 112 valence electrons. The molecule has 1 unspecified atom stereocenters. The number of rotatable bonds is 6. The first-order valence-corrected chi connectivity index (χ1v) is 7.68. The monoisotopic (exact) mass is 283 g/mol. The van der Waals surface area contributed by atoms with E-state index in [1.807, 2.05) is 0 Å². The maximum absolute atomic E-state index is 10.0. The second-order valence-electron chi connectivity index (χ2n) is 5.64. The van der Waals surface area contributed by atoms with Gasteiger partial charge in [-0.15, -0.1) is 0 Å². The lowest BCUT2D eigenvalue weighted by atomic mass is 9.87. The number of aryl methyl sites for hydroxylation is 2. The standard InChI is InChI=1S/C19H25NO/c1-4-16-8-10-17(11-9-16)19(5-2,14-21)20-18-12-6-15(3)7-13-18/h6-13,20-21H,4-5,14H2,1-3H3. The minimum atomic E-state index is -0.429. The van der Waals surface area contributed by atoms with Gasteiger partial charge in [0.2, 0.25) is 0 Å². The molecule has 0 spiro atoms. The predicted octanol–water partition coefficient (Wildman–Crippen LogP) is 4.27. The molecule has 21 heavy (non-hydrogen) atoms. The van der Waals surface area contributed by atoms with Crippen LogP contribution in [0.1, 0.15) is 37.0 Å². The highest BCUT2D eigenvalue weighted by Gasteiger charge is 2.29. The van der Waals surface area contributed by atoms with E-state index in [9.17, 15) is 5.11 Å². The highest BCUT2D eigenvalue weighted by molar-refractivity contribution is 5.49. The third-order valence-electron chi connectivity index (χ3n) is 4.22. The van der Waals surface area contributed by atoms with E-state index in [2.05, 4.69) is 74.6 Å². The summed E-state index contributed by atoms with van der Waals surface area (Å²) in [7, 11) is 0. The van der Waals surface area contributed by atoms with Gasteiger partial charge in [0.1, 0.15) is 0 Å². The topological polar surface area (TPSA) is 32.3 Å². The molecular weight excluding hydrogens is 258 g/mol. The number of aliphatic hydroxyl groups excluding tert-OH is 1. The van der Waals surface area contributed by atoms with Crippen LogP contribution in [-0.4, -0.2) is 11.7 Å². The Kier molecular flexibility index (Phi) is 5.03. The maximum atomic E-state index is 10.0. The van der Waals surface area contributed by atoms with Crippen molar-refractivity contribution in [1.29, 1.82) is 0 Å². The SMILES string of the molecule is CCc1ccc(C(CC)(CO)Nc2ccc(C)cc2)cc1. The Hall–Kier alpha value is -1.80. The summed E-state index contributed by atoms with van der Waals surface area (Å²) in [5.74, 6) is 0. The lowest BCUT2D eigenvalue weighted by molar-refractivity contribution is 0.207. The van der Waals surface area contributed by atoms with Crippen LogP contribution in [0.5, 0.6) is 0 Å². The Labute approximate surface area is 127 Å². The molecule has 2 heteroatoms. The number of hydrogen-bond acceptors (Lipinski definition) is 2. The van der Waals surface area contributed by atoms with E-state index in [0.29, 0.717) is 0 Å². The van der Waals surface area contributed by atoms with Crippen molar-refractivity contribution in [2.45, 2.75) is 39.2 Å². The quantitative estimate of drug-likeness (QED) is 0.830. The van der Waals surface area contributed by atoms with E-state index in [1.165, 1.54) is 11.1 Å². The largest absolute Gasteiger partial charge is 0.394 e. The van der Waals surface area contributed by atoms with E-state index in [0.717, 1.165) is 24.1 Å². The summed E-state index contributed by atoms with van der Waals surface area (Å²) in [5, 5.41) is 13.5. The van der Waals surface area contributed by atoms with Crippen LogP contribution in [0.3, 0.4) is 0 Å². The van der Waals surface area contributed by atoms with Crippen molar-refractivity contribution >= 4 is 5.69 Å². The third-order valence-corrected chi connectivity index (χ3v) is 4.22. The van der Waals surface area contributed by atoms with Gasteiger partial charge in [-0.25, -0.2) is 0 Å². The minimum Gasteiger partial charge on any atom is -0.394 e. The van der Waals surface area contributed by atoms with Crippen molar-refractivity contribution in [3.63, 3.8) is 0 Å². The molecular formula is C19H25NO. The van der Waals surface area contributed by atoms with E-state index in [1.54, 1.807) is 0 Å². The first-order chi connectivity index (χ1) is 10.1. The van der Waals surface area contributed by atoms with Gasteiger partial charge in [0.05, 0.1) is 12.1 Å². The maximum Gasteiger partial charge on any atom is 0.0854 e. The summed E-state index contributed by atoms with van der Waals surface area (Å²) in [6.45, 7) is 6.40. The normalized spacial score (nSPS) is 13.7. The molecule has 2 aromatic rings. The molecule has 2 rings (SSSR count). The van der Waals surface area contributed by atoms with Crippen LogP contribution in [0.2, 0.25) is 0 Å². The number of nitrogens with one attached hydrogen (secondary N) is 1. The third kappa shape index (κ3) is 3.45. The van der Waals surface area contributed by atoms with Crippen LogP contribution in [-0.2, 0) is 12.0 Å². The molecule has 0 radical (unpaired) electrons. The van der Waals surface area contributed by atoms with Gasteiger partial charge in [-0.3, -0.25) is 0 Å². The van der Waals surface area contributed by atoms with Crippen LogP contribution in [0.15, 0.2) is 48.5 Å². The van der Waals surface area contributed by atoms with Crippen molar-refractivity contribution < 1.29 is 5.11 Å². The summed E-state index contributed by atoms with van der Waals surface area (Å²) < 4.78 is 0. The smallest absolute Gasteiger partial charge is 0.0854 e. The fraction of sp³-hybridized carbons (Fsp3) is 0.368. The van der Waals surface area contributed by atoms with Crippen molar-refractivity contribution in [1.82, 2.24) is 0 Å². The van der Waals surface area contributed by atoms with Crippen LogP contribution < -0.4 is 5.32 Å². The molecule has 0 saturated carbocycles. The van der Waals surface area contributed by atoms with Crippen molar-refractivity contribution in [2.24, 2.45) is 0 Å². The highest BCUT2D eigenvalue weighted by atomic mass is 16.3. The number of hydrogen-bond donors (Lipinski definition) is 2. The van der Waals surface area contributed by atoms with Crippen molar-refractivity contribution in [2.75, 3.05) is 11.9 Å². The number of aliphatic hydroxyl groups is 1. The van der Waals surface area contributed by atoms with Crippen molar-refractivity contribution in [3.05, 3.63) is 65.2 Å². The molecule has 2 aromatic carbocycles. The zero-order chi connectivity index (χ0) is 15.3. The average molecular weight is 283 g/mol. The summed E-state index contributed by atoms with van der Waals surface area (Å²) in [6.07, 6.45) is 1.85. The minimum absolute atomic E-state index is 0.0723. The molecule has 0 saturated heterocycles. The van der Waals surface area contributed by atoms with Gasteiger partial charge in [-0.05, 0) is 43.0 Å². The summed E-state index contributed by atoms with van der Waals surface area (Å²) in [4.78, 5) is 0. The van der Waals surface area contributed by atoms with Gasteiger partial charge in [0.25, 0.3) is 0 Å². The Bertz CT molecular complexity index is 553. The van der Waals surface area contributed by atoms with E-state index in [4.69, 9.17) is 0 Å². The summed E-state index contributed by atoms with van der Waals surface area (Å²) in [6, 6.07) is 16.8. The first-order valence-electron chi connectivity index (χ1n) is 7.68. The average Bonchev–Trinajstić information content (AvgIpc) is 2.55. The first kappa shape index (κ1) is 15.6. The summed E-state index contributed by atoms with van der Waals surface area (Å²) in [5.41, 5.74) is 4.29. The molecule has 0 aliphatic carbocycles. The molecule has 1 atom stereocenters. The lowest BCUT2D eigenvalue weighted by Crippen LogP contribution is -2.38. The second-order valence-corrected chi connectivity index (χ2v) is 5.64. The van der Waals surface area contributed by atoms with Gasteiger partial charge in [-0.2, -0.15) is 0 Å². The molecule has 0 fully saturated rings. The zero-order valence-electron chi connectivity index (χ0n) is 13.2.